The molecular formula is C17H14BrN5O. The summed E-state index contributed by atoms with van der Waals surface area (Å²) in [6.07, 6.45) is 6.48. The van der Waals surface area contributed by atoms with Crippen molar-refractivity contribution in [2.75, 3.05) is 10.6 Å². The van der Waals surface area contributed by atoms with Gasteiger partial charge in [0.05, 0.1) is 18.1 Å². The molecule has 0 aliphatic carbocycles. The fourth-order valence-corrected chi connectivity index (χ4v) is 2.36. The van der Waals surface area contributed by atoms with Gasteiger partial charge in [0.2, 0.25) is 0 Å². The number of carbonyl (C=O) groups is 1. The standard InChI is InChI=1S/C17H14BrN5O/c18-13-5-1-2-6-14(13)23-17(24)15-10-22-16(11-20-15)21-9-12-4-3-7-19-8-12/h1-8,10-11H,9H2,(H,21,22)(H,23,24). The fourth-order valence-electron chi connectivity index (χ4n) is 1.98. The summed E-state index contributed by atoms with van der Waals surface area (Å²) in [5.74, 6) is 0.282. The number of para-hydroxylation sites is 1. The van der Waals surface area contributed by atoms with Crippen molar-refractivity contribution in [3.05, 3.63) is 76.9 Å². The van der Waals surface area contributed by atoms with Gasteiger partial charge in [-0.1, -0.05) is 18.2 Å². The number of amides is 1. The van der Waals surface area contributed by atoms with Gasteiger partial charge in [-0.15, -0.1) is 0 Å². The smallest absolute Gasteiger partial charge is 0.275 e. The lowest BCUT2D eigenvalue weighted by Gasteiger charge is -2.08. The Bertz CT molecular complexity index is 824. The van der Waals surface area contributed by atoms with Crippen LogP contribution in [0.5, 0.6) is 0 Å². The second kappa shape index (κ2) is 7.65. The van der Waals surface area contributed by atoms with Gasteiger partial charge in [0.1, 0.15) is 11.5 Å². The zero-order valence-electron chi connectivity index (χ0n) is 12.6. The summed E-state index contributed by atoms with van der Waals surface area (Å²) in [6, 6.07) is 11.2. The van der Waals surface area contributed by atoms with Crippen molar-refractivity contribution >= 4 is 33.3 Å². The van der Waals surface area contributed by atoms with E-state index in [1.54, 1.807) is 18.5 Å². The Kier molecular flexibility index (Phi) is 5.12. The van der Waals surface area contributed by atoms with Crippen molar-refractivity contribution in [3.63, 3.8) is 0 Å². The molecule has 1 aromatic carbocycles. The Balaban J connectivity index is 1.61. The maximum atomic E-state index is 12.2. The van der Waals surface area contributed by atoms with Crippen LogP contribution in [0.25, 0.3) is 0 Å². The molecule has 0 spiro atoms. The number of halogens is 1. The number of nitrogens with one attached hydrogen (secondary N) is 2. The third kappa shape index (κ3) is 4.14. The summed E-state index contributed by atoms with van der Waals surface area (Å²) in [7, 11) is 0. The summed E-state index contributed by atoms with van der Waals surface area (Å²) < 4.78 is 0.807. The van der Waals surface area contributed by atoms with Gasteiger partial charge < -0.3 is 10.6 Å². The monoisotopic (exact) mass is 383 g/mol. The maximum absolute atomic E-state index is 12.2. The number of aromatic nitrogens is 3. The van der Waals surface area contributed by atoms with E-state index in [9.17, 15) is 4.79 Å². The molecule has 7 heteroatoms. The highest BCUT2D eigenvalue weighted by atomic mass is 79.9. The van der Waals surface area contributed by atoms with E-state index in [-0.39, 0.29) is 11.6 Å². The van der Waals surface area contributed by atoms with Gasteiger partial charge in [0.25, 0.3) is 5.91 Å². The SMILES string of the molecule is O=C(Nc1ccccc1Br)c1cnc(NCc2cccnc2)cn1. The number of carbonyl (C=O) groups excluding carboxylic acids is 1. The molecule has 6 nitrogen and oxygen atoms in total. The first-order valence-corrected chi connectivity index (χ1v) is 8.02. The number of hydrogen-bond acceptors (Lipinski definition) is 5. The first-order chi connectivity index (χ1) is 11.7. The van der Waals surface area contributed by atoms with E-state index in [0.717, 1.165) is 10.0 Å². The lowest BCUT2D eigenvalue weighted by Crippen LogP contribution is -2.14. The van der Waals surface area contributed by atoms with Gasteiger partial charge in [-0.05, 0) is 39.7 Å². The van der Waals surface area contributed by atoms with E-state index in [4.69, 9.17) is 0 Å². The lowest BCUT2D eigenvalue weighted by atomic mass is 10.3. The number of rotatable bonds is 5. The predicted octanol–water partition coefficient (Wildman–Crippen LogP) is 3.50. The van der Waals surface area contributed by atoms with E-state index >= 15 is 0 Å². The molecule has 0 bridgehead atoms. The minimum absolute atomic E-state index is 0.248. The van der Waals surface area contributed by atoms with Crippen LogP contribution < -0.4 is 10.6 Å². The van der Waals surface area contributed by atoms with E-state index < -0.39 is 0 Å². The second-order valence-electron chi connectivity index (χ2n) is 4.94. The van der Waals surface area contributed by atoms with Crippen molar-refractivity contribution in [3.8, 4) is 0 Å². The Hall–Kier alpha value is -2.80. The molecule has 24 heavy (non-hydrogen) atoms. The van der Waals surface area contributed by atoms with Crippen LogP contribution in [0.4, 0.5) is 11.5 Å². The van der Waals surface area contributed by atoms with Crippen LogP contribution in [0.15, 0.2) is 65.7 Å². The van der Waals surface area contributed by atoms with Crippen LogP contribution in [0, 0.1) is 0 Å². The summed E-state index contributed by atoms with van der Waals surface area (Å²) in [5.41, 5.74) is 1.97. The molecular weight excluding hydrogens is 370 g/mol. The van der Waals surface area contributed by atoms with Crippen LogP contribution in [0.2, 0.25) is 0 Å². The molecule has 3 aromatic rings. The fraction of sp³-hybridized carbons (Fsp3) is 0.0588. The van der Waals surface area contributed by atoms with Crippen LogP contribution >= 0.6 is 15.9 Å². The maximum Gasteiger partial charge on any atom is 0.275 e. The lowest BCUT2D eigenvalue weighted by molar-refractivity contribution is 0.102. The first-order valence-electron chi connectivity index (χ1n) is 7.23. The molecule has 0 radical (unpaired) electrons. The van der Waals surface area contributed by atoms with Gasteiger partial charge in [0.15, 0.2) is 0 Å². The van der Waals surface area contributed by atoms with Crippen LogP contribution in [0.1, 0.15) is 16.1 Å². The Labute approximate surface area is 147 Å². The molecule has 2 heterocycles. The summed E-state index contributed by atoms with van der Waals surface area (Å²) >= 11 is 3.39. The zero-order chi connectivity index (χ0) is 16.8. The normalized spacial score (nSPS) is 10.2. The highest BCUT2D eigenvalue weighted by molar-refractivity contribution is 9.10. The molecule has 1 amide bonds. The first kappa shape index (κ1) is 16.1. The topological polar surface area (TPSA) is 79.8 Å². The van der Waals surface area contributed by atoms with Crippen molar-refractivity contribution in [2.24, 2.45) is 0 Å². The molecule has 2 N–H and O–H groups in total. The average molecular weight is 384 g/mol. The van der Waals surface area contributed by atoms with Gasteiger partial charge in [-0.25, -0.2) is 9.97 Å². The number of benzene rings is 1. The molecule has 0 saturated carbocycles. The Morgan fingerprint density at radius 3 is 2.62 bits per heavy atom. The second-order valence-corrected chi connectivity index (χ2v) is 5.79. The molecule has 120 valence electrons. The minimum atomic E-state index is -0.312. The zero-order valence-corrected chi connectivity index (χ0v) is 14.2. The van der Waals surface area contributed by atoms with Crippen molar-refractivity contribution in [1.29, 1.82) is 0 Å². The van der Waals surface area contributed by atoms with E-state index in [2.05, 4.69) is 41.5 Å². The highest BCUT2D eigenvalue weighted by Gasteiger charge is 2.10. The van der Waals surface area contributed by atoms with E-state index in [1.165, 1.54) is 12.4 Å². The minimum Gasteiger partial charge on any atom is -0.365 e. The van der Waals surface area contributed by atoms with Crippen LogP contribution in [-0.4, -0.2) is 20.9 Å². The van der Waals surface area contributed by atoms with E-state index in [1.807, 2.05) is 30.3 Å². The third-order valence-corrected chi connectivity index (χ3v) is 3.89. The third-order valence-electron chi connectivity index (χ3n) is 3.20. The number of anilines is 2. The largest absolute Gasteiger partial charge is 0.365 e. The van der Waals surface area contributed by atoms with Gasteiger partial charge in [0, 0.05) is 23.4 Å². The van der Waals surface area contributed by atoms with Crippen molar-refractivity contribution < 1.29 is 4.79 Å². The number of pyridine rings is 1. The molecule has 0 unspecified atom stereocenters. The van der Waals surface area contributed by atoms with Gasteiger partial charge in [-0.2, -0.15) is 0 Å². The Morgan fingerprint density at radius 1 is 1.04 bits per heavy atom. The van der Waals surface area contributed by atoms with E-state index in [0.29, 0.717) is 18.1 Å². The summed E-state index contributed by atoms with van der Waals surface area (Å²) in [5, 5.41) is 5.92. The molecule has 2 aromatic heterocycles. The number of hydrogen-bond donors (Lipinski definition) is 2. The number of nitrogens with zero attached hydrogens (tertiary/aromatic N) is 3. The summed E-state index contributed by atoms with van der Waals surface area (Å²) in [4.78, 5) is 24.6. The highest BCUT2D eigenvalue weighted by Crippen LogP contribution is 2.21. The van der Waals surface area contributed by atoms with Crippen LogP contribution in [0.3, 0.4) is 0 Å². The van der Waals surface area contributed by atoms with Crippen molar-refractivity contribution in [1.82, 2.24) is 15.0 Å². The molecule has 0 fully saturated rings. The Morgan fingerprint density at radius 2 is 1.92 bits per heavy atom. The quantitative estimate of drug-likeness (QED) is 0.704. The molecule has 0 aliphatic heterocycles. The molecule has 0 saturated heterocycles. The van der Waals surface area contributed by atoms with Gasteiger partial charge in [-0.3, -0.25) is 9.78 Å². The molecule has 3 rings (SSSR count). The summed E-state index contributed by atoms with van der Waals surface area (Å²) in [6.45, 7) is 0.588. The average Bonchev–Trinajstić information content (AvgIpc) is 2.63. The molecule has 0 aliphatic rings. The predicted molar refractivity (Wildman–Crippen MR) is 95.7 cm³/mol. The van der Waals surface area contributed by atoms with Crippen LogP contribution in [-0.2, 0) is 6.54 Å². The van der Waals surface area contributed by atoms with Gasteiger partial charge >= 0.3 is 0 Å². The molecule has 0 atom stereocenters. The van der Waals surface area contributed by atoms with Crippen molar-refractivity contribution in [2.45, 2.75) is 6.54 Å².